The summed E-state index contributed by atoms with van der Waals surface area (Å²) in [4.78, 5) is 26.3. The molecule has 0 saturated heterocycles. The molecule has 9 heteroatoms. The first kappa shape index (κ1) is 22.5. The molecule has 0 spiro atoms. The molecule has 0 aromatic heterocycles. The van der Waals surface area contributed by atoms with Gasteiger partial charge >= 0.3 is 6.18 Å². The summed E-state index contributed by atoms with van der Waals surface area (Å²) >= 11 is 0. The number of halogens is 3. The normalized spacial score (nSPS) is 16.9. The Labute approximate surface area is 177 Å². The third-order valence-corrected chi connectivity index (χ3v) is 4.72. The summed E-state index contributed by atoms with van der Waals surface area (Å²) < 4.78 is 49.9. The molecule has 3 rings (SSSR count). The van der Waals surface area contributed by atoms with Crippen LogP contribution in [0.1, 0.15) is 25.8 Å². The number of rotatable bonds is 7. The first-order chi connectivity index (χ1) is 14.7. The van der Waals surface area contributed by atoms with Gasteiger partial charge in [-0.2, -0.15) is 13.2 Å². The number of benzene rings is 2. The molecule has 0 radical (unpaired) electrons. The maximum absolute atomic E-state index is 13.0. The number of fused-ring (bicyclic) bond motifs is 1. The van der Waals surface area contributed by atoms with Crippen molar-refractivity contribution >= 4 is 17.5 Å². The van der Waals surface area contributed by atoms with Crippen molar-refractivity contribution in [2.24, 2.45) is 0 Å². The van der Waals surface area contributed by atoms with Gasteiger partial charge in [0.25, 0.3) is 5.91 Å². The van der Waals surface area contributed by atoms with Crippen molar-refractivity contribution in [2.75, 3.05) is 18.1 Å². The summed E-state index contributed by atoms with van der Waals surface area (Å²) in [7, 11) is 0. The average Bonchev–Trinajstić information content (AvgIpc) is 2.72. The van der Waals surface area contributed by atoms with E-state index >= 15 is 0 Å². The van der Waals surface area contributed by atoms with Crippen molar-refractivity contribution in [1.82, 2.24) is 5.32 Å². The number of carbonyl (C=O) groups is 2. The number of para-hydroxylation sites is 3. The number of hydrogen-bond donors (Lipinski definition) is 1. The topological polar surface area (TPSA) is 67.9 Å². The lowest BCUT2D eigenvalue weighted by Crippen LogP contribution is -2.46. The minimum Gasteiger partial charge on any atom is -0.491 e. The van der Waals surface area contributed by atoms with Gasteiger partial charge in [0.15, 0.2) is 6.10 Å². The maximum atomic E-state index is 13.0. The summed E-state index contributed by atoms with van der Waals surface area (Å²) in [6, 6.07) is 11.5. The highest BCUT2D eigenvalue weighted by atomic mass is 19.4. The third-order valence-electron chi connectivity index (χ3n) is 4.72. The Morgan fingerprint density at radius 2 is 1.87 bits per heavy atom. The van der Waals surface area contributed by atoms with E-state index in [0.717, 1.165) is 6.07 Å². The smallest absolute Gasteiger partial charge is 0.419 e. The summed E-state index contributed by atoms with van der Waals surface area (Å²) in [5.74, 6) is -0.308. The van der Waals surface area contributed by atoms with Crippen molar-refractivity contribution in [3.8, 4) is 11.5 Å². The molecule has 1 aliphatic heterocycles. The van der Waals surface area contributed by atoms with Gasteiger partial charge in [0.2, 0.25) is 5.91 Å². The molecule has 2 aromatic rings. The van der Waals surface area contributed by atoms with Gasteiger partial charge in [0.05, 0.1) is 17.3 Å². The second-order valence-corrected chi connectivity index (χ2v) is 7.24. The van der Waals surface area contributed by atoms with Crippen LogP contribution in [0.4, 0.5) is 18.9 Å². The van der Waals surface area contributed by atoms with Crippen LogP contribution in [0.15, 0.2) is 48.5 Å². The first-order valence-corrected chi connectivity index (χ1v) is 9.82. The minimum atomic E-state index is -4.53. The van der Waals surface area contributed by atoms with Crippen molar-refractivity contribution in [3.63, 3.8) is 0 Å². The Morgan fingerprint density at radius 3 is 2.61 bits per heavy atom. The van der Waals surface area contributed by atoms with Crippen LogP contribution in [0.5, 0.6) is 11.5 Å². The fraction of sp³-hybridized carbons (Fsp3) is 0.364. The zero-order valence-corrected chi connectivity index (χ0v) is 17.1. The SMILES string of the molecule is CC(COc1ccccc1C(F)(F)F)NC(=O)CCN1C(=O)C(C)Oc2ccccc21. The predicted octanol–water partition coefficient (Wildman–Crippen LogP) is 3.79. The van der Waals surface area contributed by atoms with Crippen molar-refractivity contribution in [1.29, 1.82) is 0 Å². The Kier molecular flexibility index (Phi) is 6.72. The van der Waals surface area contributed by atoms with E-state index in [1.807, 2.05) is 0 Å². The molecule has 0 aliphatic carbocycles. The van der Waals surface area contributed by atoms with Gasteiger partial charge in [-0.05, 0) is 38.1 Å². The second-order valence-electron chi connectivity index (χ2n) is 7.24. The number of carbonyl (C=O) groups excluding carboxylic acids is 2. The Hall–Kier alpha value is -3.23. The summed E-state index contributed by atoms with van der Waals surface area (Å²) in [6.07, 6.45) is -5.16. The van der Waals surface area contributed by atoms with E-state index in [4.69, 9.17) is 9.47 Å². The molecule has 2 amide bonds. The molecular formula is C22H23F3N2O4. The zero-order chi connectivity index (χ0) is 22.6. The molecule has 1 N–H and O–H groups in total. The van der Waals surface area contributed by atoms with Crippen LogP contribution in [-0.2, 0) is 15.8 Å². The van der Waals surface area contributed by atoms with E-state index in [2.05, 4.69) is 5.32 Å². The molecule has 0 saturated carbocycles. The molecule has 2 atom stereocenters. The summed E-state index contributed by atoms with van der Waals surface area (Å²) in [6.45, 7) is 3.30. The summed E-state index contributed by atoms with van der Waals surface area (Å²) in [5, 5.41) is 2.68. The number of alkyl halides is 3. The molecule has 0 bridgehead atoms. The van der Waals surface area contributed by atoms with E-state index in [-0.39, 0.29) is 37.1 Å². The molecule has 1 aliphatic rings. The van der Waals surface area contributed by atoms with Crippen molar-refractivity contribution < 1.29 is 32.2 Å². The lowest BCUT2D eigenvalue weighted by Gasteiger charge is -2.32. The van der Waals surface area contributed by atoms with E-state index in [1.54, 1.807) is 38.1 Å². The molecular weight excluding hydrogens is 413 g/mol. The van der Waals surface area contributed by atoms with Crippen LogP contribution in [-0.4, -0.2) is 37.1 Å². The highest BCUT2D eigenvalue weighted by Crippen LogP contribution is 2.36. The molecule has 166 valence electrons. The van der Waals surface area contributed by atoms with Crippen LogP contribution in [0.3, 0.4) is 0 Å². The van der Waals surface area contributed by atoms with Crippen LogP contribution < -0.4 is 19.7 Å². The Morgan fingerprint density at radius 1 is 1.19 bits per heavy atom. The largest absolute Gasteiger partial charge is 0.491 e. The van der Waals surface area contributed by atoms with Crippen molar-refractivity contribution in [3.05, 3.63) is 54.1 Å². The number of ether oxygens (including phenoxy) is 2. The first-order valence-electron chi connectivity index (χ1n) is 9.82. The van der Waals surface area contributed by atoms with E-state index in [0.29, 0.717) is 11.4 Å². The zero-order valence-electron chi connectivity index (χ0n) is 17.1. The van der Waals surface area contributed by atoms with Crippen LogP contribution in [0, 0.1) is 0 Å². The number of hydrogen-bond acceptors (Lipinski definition) is 4. The minimum absolute atomic E-state index is 0.0241. The lowest BCUT2D eigenvalue weighted by molar-refractivity contribution is -0.139. The number of anilines is 1. The fourth-order valence-electron chi connectivity index (χ4n) is 3.23. The third kappa shape index (κ3) is 5.48. The second kappa shape index (κ2) is 9.28. The fourth-order valence-corrected chi connectivity index (χ4v) is 3.23. The Bertz CT molecular complexity index is 948. The number of amides is 2. The van der Waals surface area contributed by atoms with Crippen LogP contribution in [0.25, 0.3) is 0 Å². The van der Waals surface area contributed by atoms with E-state index in [9.17, 15) is 22.8 Å². The van der Waals surface area contributed by atoms with Gasteiger partial charge in [0.1, 0.15) is 18.1 Å². The maximum Gasteiger partial charge on any atom is 0.419 e. The van der Waals surface area contributed by atoms with Gasteiger partial charge in [-0.3, -0.25) is 9.59 Å². The number of nitrogens with one attached hydrogen (secondary N) is 1. The quantitative estimate of drug-likeness (QED) is 0.717. The molecule has 0 fully saturated rings. The Balaban J connectivity index is 1.53. The van der Waals surface area contributed by atoms with Gasteiger partial charge in [-0.1, -0.05) is 24.3 Å². The standard InChI is InChI=1S/C22H23F3N2O4/c1-14(13-30-18-9-5-3-7-16(18)22(23,24)25)26-20(28)11-12-27-17-8-4-6-10-19(17)31-15(2)21(27)29/h3-10,14-15H,11-13H2,1-2H3,(H,26,28). The lowest BCUT2D eigenvalue weighted by atomic mass is 10.1. The summed E-state index contributed by atoms with van der Waals surface area (Å²) in [5.41, 5.74) is -0.273. The van der Waals surface area contributed by atoms with Gasteiger partial charge in [0, 0.05) is 13.0 Å². The highest BCUT2D eigenvalue weighted by Gasteiger charge is 2.34. The molecule has 2 aromatic carbocycles. The average molecular weight is 436 g/mol. The molecule has 31 heavy (non-hydrogen) atoms. The van der Waals surface area contributed by atoms with Crippen LogP contribution in [0.2, 0.25) is 0 Å². The van der Waals surface area contributed by atoms with Gasteiger partial charge in [-0.15, -0.1) is 0 Å². The number of nitrogens with zero attached hydrogens (tertiary/aromatic N) is 1. The van der Waals surface area contributed by atoms with Crippen molar-refractivity contribution in [2.45, 2.75) is 38.6 Å². The monoisotopic (exact) mass is 436 g/mol. The van der Waals surface area contributed by atoms with Gasteiger partial charge in [-0.25, -0.2) is 0 Å². The van der Waals surface area contributed by atoms with Crippen LogP contribution >= 0.6 is 0 Å². The predicted molar refractivity (Wildman–Crippen MR) is 108 cm³/mol. The van der Waals surface area contributed by atoms with Gasteiger partial charge < -0.3 is 19.7 Å². The molecule has 1 heterocycles. The molecule has 2 unspecified atom stereocenters. The molecule has 6 nitrogen and oxygen atoms in total. The highest BCUT2D eigenvalue weighted by molar-refractivity contribution is 6.00. The van der Waals surface area contributed by atoms with E-state index < -0.39 is 23.9 Å². The van der Waals surface area contributed by atoms with E-state index in [1.165, 1.54) is 23.1 Å².